The molecule has 0 amide bonds. The highest BCUT2D eigenvalue weighted by atomic mass is 19.1. The van der Waals surface area contributed by atoms with Crippen molar-refractivity contribution in [2.45, 2.75) is 26.3 Å². The van der Waals surface area contributed by atoms with Gasteiger partial charge >= 0.3 is 0 Å². The second kappa shape index (κ2) is 8.41. The molecular weight excluding hydrogens is 336 g/mol. The fourth-order valence-corrected chi connectivity index (χ4v) is 3.49. The summed E-state index contributed by atoms with van der Waals surface area (Å²) in [6, 6.07) is 10.9. The molecule has 0 N–H and O–H groups in total. The molecule has 1 aliphatic heterocycles. The molecule has 0 saturated carbocycles. The highest BCUT2D eigenvalue weighted by molar-refractivity contribution is 5.98. The molecule has 1 saturated heterocycles. The van der Waals surface area contributed by atoms with Crippen molar-refractivity contribution < 1.29 is 18.3 Å². The first-order valence-electron chi connectivity index (χ1n) is 9.00. The maximum absolute atomic E-state index is 13.9. The lowest BCUT2D eigenvalue weighted by molar-refractivity contribution is 0.0806. The molecule has 0 unspecified atom stereocenters. The predicted molar refractivity (Wildman–Crippen MR) is 96.3 cm³/mol. The molecular formula is C21H23F2NO2. The zero-order valence-electron chi connectivity index (χ0n) is 14.9. The third-order valence-corrected chi connectivity index (χ3v) is 4.74. The molecule has 0 aliphatic carbocycles. The van der Waals surface area contributed by atoms with Crippen LogP contribution in [0.1, 0.15) is 35.7 Å². The lowest BCUT2D eigenvalue weighted by Gasteiger charge is -2.32. The molecule has 26 heavy (non-hydrogen) atoms. The van der Waals surface area contributed by atoms with Crippen LogP contribution in [0.4, 0.5) is 8.78 Å². The van der Waals surface area contributed by atoms with Crippen LogP contribution in [0.2, 0.25) is 0 Å². The molecule has 3 rings (SSSR count). The molecule has 5 heteroatoms. The average Bonchev–Trinajstić information content (AvgIpc) is 2.65. The smallest absolute Gasteiger partial charge is 0.170 e. The first kappa shape index (κ1) is 18.5. The van der Waals surface area contributed by atoms with E-state index in [0.717, 1.165) is 42.5 Å². The van der Waals surface area contributed by atoms with Crippen molar-refractivity contribution >= 4 is 5.78 Å². The van der Waals surface area contributed by atoms with Gasteiger partial charge in [0, 0.05) is 24.6 Å². The zero-order chi connectivity index (χ0) is 18.5. The van der Waals surface area contributed by atoms with E-state index in [4.69, 9.17) is 4.74 Å². The van der Waals surface area contributed by atoms with Crippen LogP contribution in [0.3, 0.4) is 0 Å². The van der Waals surface area contributed by atoms with Crippen LogP contribution in [0.5, 0.6) is 5.75 Å². The predicted octanol–water partition coefficient (Wildman–Crippen LogP) is 4.46. The molecule has 138 valence electrons. The van der Waals surface area contributed by atoms with Gasteiger partial charge in [0.05, 0.1) is 12.2 Å². The van der Waals surface area contributed by atoms with E-state index in [9.17, 15) is 13.6 Å². The van der Waals surface area contributed by atoms with E-state index in [0.29, 0.717) is 26.1 Å². The number of rotatable bonds is 6. The van der Waals surface area contributed by atoms with E-state index in [2.05, 4.69) is 4.90 Å². The van der Waals surface area contributed by atoms with Gasteiger partial charge in [-0.2, -0.15) is 0 Å². The van der Waals surface area contributed by atoms with E-state index in [-0.39, 0.29) is 17.3 Å². The normalized spacial score (nSPS) is 17.9. The monoisotopic (exact) mass is 359 g/mol. The van der Waals surface area contributed by atoms with Gasteiger partial charge in [0.1, 0.15) is 17.4 Å². The first-order valence-corrected chi connectivity index (χ1v) is 9.00. The highest BCUT2D eigenvalue weighted by Crippen LogP contribution is 2.26. The Balaban J connectivity index is 1.71. The summed E-state index contributed by atoms with van der Waals surface area (Å²) in [4.78, 5) is 14.9. The van der Waals surface area contributed by atoms with Crippen molar-refractivity contribution in [2.75, 3.05) is 19.7 Å². The number of hydrogen-bond donors (Lipinski definition) is 0. The Labute approximate surface area is 152 Å². The molecule has 0 aromatic heterocycles. The third kappa shape index (κ3) is 4.28. The lowest BCUT2D eigenvalue weighted by Crippen LogP contribution is -2.38. The SMILES string of the molecule is CCOc1ccccc1CN1CCC[C@H](C(=O)c2cc(F)ccc2F)C1. The number of hydrogen-bond acceptors (Lipinski definition) is 3. The minimum Gasteiger partial charge on any atom is -0.494 e. The number of carbonyl (C=O) groups excluding carboxylic acids is 1. The summed E-state index contributed by atoms with van der Waals surface area (Å²) >= 11 is 0. The van der Waals surface area contributed by atoms with Gasteiger partial charge in [-0.1, -0.05) is 18.2 Å². The average molecular weight is 359 g/mol. The van der Waals surface area contributed by atoms with E-state index in [1.807, 2.05) is 31.2 Å². The number of ketones is 1. The molecule has 2 aromatic carbocycles. The van der Waals surface area contributed by atoms with Gasteiger partial charge in [-0.25, -0.2) is 8.78 Å². The van der Waals surface area contributed by atoms with Gasteiger partial charge in [-0.3, -0.25) is 9.69 Å². The Hall–Kier alpha value is -2.27. The van der Waals surface area contributed by atoms with E-state index >= 15 is 0 Å². The van der Waals surface area contributed by atoms with Crippen molar-refractivity contribution in [1.82, 2.24) is 4.90 Å². The lowest BCUT2D eigenvalue weighted by atomic mass is 9.89. The molecule has 1 fully saturated rings. The Morgan fingerprint density at radius 2 is 2.04 bits per heavy atom. The summed E-state index contributed by atoms with van der Waals surface area (Å²) in [5.74, 6) is -1.04. The minimum absolute atomic E-state index is 0.147. The van der Waals surface area contributed by atoms with E-state index in [1.165, 1.54) is 0 Å². The largest absolute Gasteiger partial charge is 0.494 e. The molecule has 1 heterocycles. The Morgan fingerprint density at radius 1 is 1.23 bits per heavy atom. The van der Waals surface area contributed by atoms with Gasteiger partial charge in [-0.05, 0) is 50.6 Å². The van der Waals surface area contributed by atoms with Gasteiger partial charge in [0.15, 0.2) is 5.78 Å². The Morgan fingerprint density at radius 3 is 2.85 bits per heavy atom. The van der Waals surface area contributed by atoms with Crippen molar-refractivity contribution in [3.8, 4) is 5.75 Å². The van der Waals surface area contributed by atoms with Crippen molar-refractivity contribution in [3.05, 3.63) is 65.2 Å². The van der Waals surface area contributed by atoms with Crippen LogP contribution in [0, 0.1) is 17.6 Å². The number of nitrogens with zero attached hydrogens (tertiary/aromatic N) is 1. The van der Waals surface area contributed by atoms with Crippen LogP contribution < -0.4 is 4.74 Å². The second-order valence-electron chi connectivity index (χ2n) is 6.60. The molecule has 1 aliphatic rings. The summed E-state index contributed by atoms with van der Waals surface area (Å²) in [5, 5.41) is 0. The summed E-state index contributed by atoms with van der Waals surface area (Å²) < 4.78 is 33.0. The van der Waals surface area contributed by atoms with Crippen LogP contribution in [0.25, 0.3) is 0 Å². The topological polar surface area (TPSA) is 29.5 Å². The fourth-order valence-electron chi connectivity index (χ4n) is 3.49. The van der Waals surface area contributed by atoms with Crippen LogP contribution in [0.15, 0.2) is 42.5 Å². The van der Waals surface area contributed by atoms with Gasteiger partial charge < -0.3 is 4.74 Å². The number of ether oxygens (including phenoxy) is 1. The summed E-state index contributed by atoms with van der Waals surface area (Å²) in [6.07, 6.45) is 1.54. The van der Waals surface area contributed by atoms with Crippen LogP contribution in [-0.2, 0) is 6.54 Å². The Bertz CT molecular complexity index is 778. The molecule has 2 aromatic rings. The fraction of sp³-hybridized carbons (Fsp3) is 0.381. The van der Waals surface area contributed by atoms with Gasteiger partial charge in [0.25, 0.3) is 0 Å². The van der Waals surface area contributed by atoms with Crippen molar-refractivity contribution in [3.63, 3.8) is 0 Å². The maximum Gasteiger partial charge on any atom is 0.170 e. The number of Topliss-reactive ketones (excluding diaryl/α,β-unsaturated/α-hetero) is 1. The number of para-hydroxylation sites is 1. The third-order valence-electron chi connectivity index (χ3n) is 4.74. The maximum atomic E-state index is 13.9. The molecule has 0 spiro atoms. The minimum atomic E-state index is -0.657. The Kier molecular flexibility index (Phi) is 5.99. The number of likely N-dealkylation sites (tertiary alicyclic amines) is 1. The first-order chi connectivity index (χ1) is 12.6. The summed E-state index contributed by atoms with van der Waals surface area (Å²) in [6.45, 7) is 4.62. The van der Waals surface area contributed by atoms with Gasteiger partial charge in [0.2, 0.25) is 0 Å². The standard InChI is InChI=1S/C21H23F2NO2/c1-2-26-20-8-4-3-6-15(20)13-24-11-5-7-16(14-24)21(25)18-12-17(22)9-10-19(18)23/h3-4,6,8-10,12,16H,2,5,7,11,13-14H2,1H3/t16-/m0/s1. The quantitative estimate of drug-likeness (QED) is 0.713. The molecule has 3 nitrogen and oxygen atoms in total. The molecule has 0 radical (unpaired) electrons. The van der Waals surface area contributed by atoms with Crippen LogP contribution in [-0.4, -0.2) is 30.4 Å². The number of benzene rings is 2. The van der Waals surface area contributed by atoms with E-state index in [1.54, 1.807) is 0 Å². The number of piperidine rings is 1. The number of carbonyl (C=O) groups is 1. The second-order valence-corrected chi connectivity index (χ2v) is 6.60. The number of halogens is 2. The summed E-state index contributed by atoms with van der Waals surface area (Å²) in [5.41, 5.74) is 0.922. The summed E-state index contributed by atoms with van der Waals surface area (Å²) in [7, 11) is 0. The van der Waals surface area contributed by atoms with Gasteiger partial charge in [-0.15, -0.1) is 0 Å². The van der Waals surface area contributed by atoms with Crippen molar-refractivity contribution in [1.29, 1.82) is 0 Å². The van der Waals surface area contributed by atoms with E-state index < -0.39 is 11.6 Å². The van der Waals surface area contributed by atoms with Crippen LogP contribution >= 0.6 is 0 Å². The molecule has 1 atom stereocenters. The highest BCUT2D eigenvalue weighted by Gasteiger charge is 2.28. The zero-order valence-corrected chi connectivity index (χ0v) is 14.9. The molecule has 0 bridgehead atoms. The van der Waals surface area contributed by atoms with Crippen molar-refractivity contribution in [2.24, 2.45) is 5.92 Å².